The Morgan fingerprint density at radius 2 is 1.88 bits per heavy atom. The zero-order chi connectivity index (χ0) is 17.6. The van der Waals surface area contributed by atoms with Crippen LogP contribution in [0, 0.1) is 0 Å². The predicted molar refractivity (Wildman–Crippen MR) is 101 cm³/mol. The minimum absolute atomic E-state index is 0.231. The van der Waals surface area contributed by atoms with Gasteiger partial charge in [-0.15, -0.1) is 0 Å². The van der Waals surface area contributed by atoms with E-state index in [1.54, 1.807) is 6.92 Å². The molecular weight excluding hydrogens is 356 g/mol. The van der Waals surface area contributed by atoms with E-state index in [0.29, 0.717) is 23.9 Å². The van der Waals surface area contributed by atoms with Gasteiger partial charge in [-0.25, -0.2) is 9.97 Å². The fourth-order valence-corrected chi connectivity index (χ4v) is 3.36. The number of para-hydroxylation sites is 1. The molecule has 4 nitrogen and oxygen atoms in total. The molecule has 0 aliphatic carbocycles. The Balaban J connectivity index is 1.88. The van der Waals surface area contributed by atoms with Gasteiger partial charge in [0.1, 0.15) is 10.9 Å². The van der Waals surface area contributed by atoms with Crippen molar-refractivity contribution in [1.29, 1.82) is 0 Å². The lowest BCUT2D eigenvalue weighted by molar-refractivity contribution is -0.139. The number of aromatic nitrogens is 2. The van der Waals surface area contributed by atoms with Gasteiger partial charge in [0.15, 0.2) is 0 Å². The minimum atomic E-state index is -0.241. The summed E-state index contributed by atoms with van der Waals surface area (Å²) < 4.78 is 5.00. The summed E-state index contributed by atoms with van der Waals surface area (Å²) in [4.78, 5) is 21.0. The number of rotatable bonds is 6. The summed E-state index contributed by atoms with van der Waals surface area (Å²) in [6, 6.07) is 15.5. The van der Waals surface area contributed by atoms with Crippen molar-refractivity contribution >= 4 is 40.2 Å². The van der Waals surface area contributed by atoms with E-state index in [1.807, 2.05) is 48.5 Å². The van der Waals surface area contributed by atoms with Gasteiger partial charge in [-0.3, -0.25) is 4.79 Å². The molecule has 2 aromatic carbocycles. The molecule has 3 aromatic rings. The number of carbonyl (C=O) groups excluding carboxylic acids is 1. The number of ether oxygens (including phenoxy) is 1. The molecule has 0 saturated heterocycles. The minimum Gasteiger partial charge on any atom is -0.465 e. The molecule has 0 amide bonds. The van der Waals surface area contributed by atoms with Gasteiger partial charge in [-0.1, -0.05) is 53.7 Å². The lowest BCUT2D eigenvalue weighted by atomic mass is 10.1. The molecule has 0 spiro atoms. The summed E-state index contributed by atoms with van der Waals surface area (Å²) in [7, 11) is 0. The summed E-state index contributed by atoms with van der Waals surface area (Å²) in [5, 5.41) is 2.44. The van der Waals surface area contributed by atoms with Crippen LogP contribution in [0.3, 0.4) is 0 Å². The van der Waals surface area contributed by atoms with Crippen LogP contribution >= 0.6 is 23.4 Å². The Morgan fingerprint density at radius 1 is 1.12 bits per heavy atom. The third kappa shape index (κ3) is 4.71. The van der Waals surface area contributed by atoms with Crippen LogP contribution in [0.4, 0.5) is 0 Å². The first kappa shape index (κ1) is 17.7. The molecular formula is C19H17ClN2O2S. The predicted octanol–water partition coefficient (Wildman–Crippen LogP) is 4.53. The standard InChI is InChI=1S/C19H17ClN2O2S/c1-2-24-18(23)12-25-19-15-5-3-4-6-16(15)21-17(22-19)11-13-7-9-14(20)10-8-13/h3-10H,2,11-12H2,1H3. The van der Waals surface area contributed by atoms with Gasteiger partial charge in [0.2, 0.25) is 0 Å². The van der Waals surface area contributed by atoms with Gasteiger partial charge in [0.25, 0.3) is 0 Å². The van der Waals surface area contributed by atoms with Crippen molar-refractivity contribution in [2.75, 3.05) is 12.4 Å². The number of thioether (sulfide) groups is 1. The average Bonchev–Trinajstić information content (AvgIpc) is 2.62. The first-order valence-electron chi connectivity index (χ1n) is 7.94. The Morgan fingerprint density at radius 3 is 2.64 bits per heavy atom. The van der Waals surface area contributed by atoms with Crippen LogP contribution in [0.25, 0.3) is 10.9 Å². The molecule has 0 atom stereocenters. The second-order valence-electron chi connectivity index (χ2n) is 5.36. The Labute approximate surface area is 155 Å². The molecule has 0 unspecified atom stereocenters. The number of esters is 1. The Bertz CT molecular complexity index is 884. The lowest BCUT2D eigenvalue weighted by Crippen LogP contribution is -2.07. The van der Waals surface area contributed by atoms with Crippen molar-refractivity contribution in [2.24, 2.45) is 0 Å². The molecule has 3 rings (SSSR count). The summed E-state index contributed by atoms with van der Waals surface area (Å²) >= 11 is 7.31. The number of fused-ring (bicyclic) bond motifs is 1. The van der Waals surface area contributed by atoms with Crippen LogP contribution in [0.15, 0.2) is 53.6 Å². The molecule has 6 heteroatoms. The monoisotopic (exact) mass is 372 g/mol. The van der Waals surface area contributed by atoms with Crippen molar-refractivity contribution in [2.45, 2.75) is 18.4 Å². The highest BCUT2D eigenvalue weighted by molar-refractivity contribution is 8.00. The van der Waals surface area contributed by atoms with E-state index in [2.05, 4.69) is 9.97 Å². The largest absolute Gasteiger partial charge is 0.465 e. The van der Waals surface area contributed by atoms with Crippen molar-refractivity contribution in [3.63, 3.8) is 0 Å². The third-order valence-corrected chi connectivity index (χ3v) is 4.74. The maximum absolute atomic E-state index is 11.7. The van der Waals surface area contributed by atoms with Crippen molar-refractivity contribution in [1.82, 2.24) is 9.97 Å². The number of benzene rings is 2. The lowest BCUT2D eigenvalue weighted by Gasteiger charge is -2.08. The molecule has 25 heavy (non-hydrogen) atoms. The van der Waals surface area contributed by atoms with E-state index in [1.165, 1.54) is 11.8 Å². The normalized spacial score (nSPS) is 10.8. The smallest absolute Gasteiger partial charge is 0.316 e. The molecule has 1 heterocycles. The second-order valence-corrected chi connectivity index (χ2v) is 6.76. The van der Waals surface area contributed by atoms with Crippen LogP contribution in [0.1, 0.15) is 18.3 Å². The molecule has 0 saturated carbocycles. The molecule has 0 aliphatic rings. The van der Waals surface area contributed by atoms with Gasteiger partial charge >= 0.3 is 5.97 Å². The van der Waals surface area contributed by atoms with E-state index < -0.39 is 0 Å². The van der Waals surface area contributed by atoms with Gasteiger partial charge in [-0.05, 0) is 30.7 Å². The van der Waals surface area contributed by atoms with E-state index >= 15 is 0 Å². The van der Waals surface area contributed by atoms with E-state index in [0.717, 1.165) is 21.5 Å². The highest BCUT2D eigenvalue weighted by Gasteiger charge is 2.11. The number of hydrogen-bond donors (Lipinski definition) is 0. The molecule has 0 bridgehead atoms. The fourth-order valence-electron chi connectivity index (χ4n) is 2.40. The van der Waals surface area contributed by atoms with Crippen LogP contribution < -0.4 is 0 Å². The fraction of sp³-hybridized carbons (Fsp3) is 0.211. The molecule has 0 N–H and O–H groups in total. The van der Waals surface area contributed by atoms with Gasteiger partial charge in [-0.2, -0.15) is 0 Å². The SMILES string of the molecule is CCOC(=O)CSc1nc(Cc2ccc(Cl)cc2)nc2ccccc12. The zero-order valence-corrected chi connectivity index (χ0v) is 15.3. The molecule has 1 aromatic heterocycles. The number of nitrogens with zero attached hydrogens (tertiary/aromatic N) is 2. The van der Waals surface area contributed by atoms with Crippen molar-refractivity contribution < 1.29 is 9.53 Å². The highest BCUT2D eigenvalue weighted by Crippen LogP contribution is 2.26. The van der Waals surface area contributed by atoms with E-state index in [9.17, 15) is 4.79 Å². The van der Waals surface area contributed by atoms with Crippen LogP contribution in [-0.4, -0.2) is 28.3 Å². The van der Waals surface area contributed by atoms with Crippen molar-refractivity contribution in [3.05, 3.63) is 64.9 Å². The number of carbonyl (C=O) groups is 1. The molecule has 0 fully saturated rings. The Hall–Kier alpha value is -2.11. The average molecular weight is 373 g/mol. The summed E-state index contributed by atoms with van der Waals surface area (Å²) in [6.45, 7) is 2.18. The molecule has 0 aliphatic heterocycles. The zero-order valence-electron chi connectivity index (χ0n) is 13.7. The maximum Gasteiger partial charge on any atom is 0.316 e. The van der Waals surface area contributed by atoms with Crippen LogP contribution in [0.5, 0.6) is 0 Å². The summed E-state index contributed by atoms with van der Waals surface area (Å²) in [5.41, 5.74) is 1.95. The van der Waals surface area contributed by atoms with Gasteiger partial charge < -0.3 is 4.74 Å². The number of halogens is 1. The van der Waals surface area contributed by atoms with Crippen LogP contribution in [0.2, 0.25) is 5.02 Å². The first-order valence-corrected chi connectivity index (χ1v) is 9.30. The Kier molecular flexibility index (Phi) is 5.89. The summed E-state index contributed by atoms with van der Waals surface area (Å²) in [5.74, 6) is 0.705. The van der Waals surface area contributed by atoms with Gasteiger partial charge in [0.05, 0.1) is 17.9 Å². The maximum atomic E-state index is 11.7. The van der Waals surface area contributed by atoms with Crippen LogP contribution in [-0.2, 0) is 16.0 Å². The molecule has 0 radical (unpaired) electrons. The highest BCUT2D eigenvalue weighted by atomic mass is 35.5. The topological polar surface area (TPSA) is 52.1 Å². The molecule has 128 valence electrons. The van der Waals surface area contributed by atoms with E-state index in [-0.39, 0.29) is 11.7 Å². The number of hydrogen-bond acceptors (Lipinski definition) is 5. The first-order chi connectivity index (χ1) is 12.2. The van der Waals surface area contributed by atoms with Crippen molar-refractivity contribution in [3.8, 4) is 0 Å². The quantitative estimate of drug-likeness (QED) is 0.361. The third-order valence-electron chi connectivity index (χ3n) is 3.52. The summed E-state index contributed by atoms with van der Waals surface area (Å²) in [6.07, 6.45) is 0.606. The van der Waals surface area contributed by atoms with Gasteiger partial charge in [0, 0.05) is 16.8 Å². The van der Waals surface area contributed by atoms with E-state index in [4.69, 9.17) is 16.3 Å². The second kappa shape index (κ2) is 8.32.